The summed E-state index contributed by atoms with van der Waals surface area (Å²) >= 11 is 0. The molecule has 0 spiro atoms. The Morgan fingerprint density at radius 3 is 2.56 bits per heavy atom. The molecule has 1 aromatic carbocycles. The number of hydrogen-bond acceptors (Lipinski definition) is 7. The van der Waals surface area contributed by atoms with Gasteiger partial charge < -0.3 is 14.8 Å². The van der Waals surface area contributed by atoms with Crippen molar-refractivity contribution < 1.29 is 8.78 Å². The van der Waals surface area contributed by atoms with Crippen LogP contribution in [0.5, 0.6) is 0 Å². The molecule has 0 unspecified atom stereocenters. The Morgan fingerprint density at radius 2 is 1.80 bits per heavy atom. The summed E-state index contributed by atoms with van der Waals surface area (Å²) in [6.07, 6.45) is 4.55. The Morgan fingerprint density at radius 1 is 1.00 bits per heavy atom. The first kappa shape index (κ1) is 27.7. The third kappa shape index (κ3) is 5.67. The minimum Gasteiger partial charge on any atom is -0.326 e. The van der Waals surface area contributed by atoms with Crippen molar-refractivity contribution in [3.8, 4) is 11.3 Å². The first-order valence-electron chi connectivity index (χ1n) is 14.7. The molecule has 2 aliphatic rings. The largest absolute Gasteiger partial charge is 0.326 e. The second-order valence-corrected chi connectivity index (χ2v) is 11.6. The molecule has 1 fully saturated rings. The summed E-state index contributed by atoms with van der Waals surface area (Å²) in [5, 5.41) is 3.13. The zero-order valence-electron chi connectivity index (χ0n) is 24.3. The number of aromatic nitrogens is 5. The van der Waals surface area contributed by atoms with E-state index in [1.54, 1.807) is 6.07 Å². The zero-order chi connectivity index (χ0) is 28.7. The molecule has 4 aromatic rings. The first-order chi connectivity index (χ1) is 19.8. The van der Waals surface area contributed by atoms with Gasteiger partial charge in [0.2, 0.25) is 5.95 Å². The van der Waals surface area contributed by atoms with Crippen LogP contribution in [0.3, 0.4) is 0 Å². The van der Waals surface area contributed by atoms with Gasteiger partial charge in [0.25, 0.3) is 0 Å². The third-order valence-electron chi connectivity index (χ3n) is 8.50. The van der Waals surface area contributed by atoms with Crippen LogP contribution in [0.15, 0.2) is 30.5 Å². The van der Waals surface area contributed by atoms with E-state index in [9.17, 15) is 4.39 Å². The molecule has 0 aliphatic carbocycles. The van der Waals surface area contributed by atoms with E-state index in [1.807, 2.05) is 31.4 Å². The van der Waals surface area contributed by atoms with Gasteiger partial charge >= 0.3 is 0 Å². The number of nitrogens with zero attached hydrogens (tertiary/aromatic N) is 7. The zero-order valence-corrected chi connectivity index (χ0v) is 24.3. The molecule has 2 aliphatic heterocycles. The molecular formula is C31H38F2N8. The van der Waals surface area contributed by atoms with Crippen molar-refractivity contribution >= 4 is 22.8 Å². The molecule has 10 heteroatoms. The molecule has 1 N–H and O–H groups in total. The van der Waals surface area contributed by atoms with E-state index in [1.165, 1.54) is 37.6 Å². The molecule has 216 valence electrons. The van der Waals surface area contributed by atoms with Crippen molar-refractivity contribution in [3.05, 3.63) is 59.2 Å². The van der Waals surface area contributed by atoms with Crippen molar-refractivity contribution in [2.24, 2.45) is 5.92 Å². The minimum atomic E-state index is -0.625. The summed E-state index contributed by atoms with van der Waals surface area (Å²) in [6.45, 7) is 14.7. The fraction of sp³-hybridized carbons (Fsp3) is 0.484. The number of likely N-dealkylation sites (tertiary alicyclic amines) is 1. The molecule has 0 radical (unpaired) electrons. The van der Waals surface area contributed by atoms with Gasteiger partial charge in [-0.25, -0.2) is 28.7 Å². The van der Waals surface area contributed by atoms with Crippen molar-refractivity contribution in [1.29, 1.82) is 0 Å². The number of rotatable bonds is 7. The summed E-state index contributed by atoms with van der Waals surface area (Å²) in [5.74, 6) is 1.15. The number of halogens is 2. The maximum Gasteiger partial charge on any atom is 0.229 e. The SMILES string of the molecule is CCN1CCC(CN2CCc3nc(Nc4ncc(F)c(-c5cc(F)c6nc(C)n(C(C)C)c6c5)n4)ccc3C2)CC1. The highest BCUT2D eigenvalue weighted by Gasteiger charge is 2.24. The molecule has 1 saturated heterocycles. The van der Waals surface area contributed by atoms with Gasteiger partial charge in [-0.1, -0.05) is 13.0 Å². The number of aryl methyl sites for hydroxylation is 1. The Balaban J connectivity index is 1.18. The molecule has 5 heterocycles. The molecule has 0 atom stereocenters. The van der Waals surface area contributed by atoms with Gasteiger partial charge in [-0.2, -0.15) is 0 Å². The van der Waals surface area contributed by atoms with Crippen LogP contribution in [-0.2, 0) is 13.0 Å². The molecule has 6 rings (SSSR count). The van der Waals surface area contributed by atoms with Gasteiger partial charge in [-0.05, 0) is 82.9 Å². The van der Waals surface area contributed by atoms with Crippen LogP contribution in [0.25, 0.3) is 22.3 Å². The topological polar surface area (TPSA) is 75.0 Å². The van der Waals surface area contributed by atoms with Gasteiger partial charge in [0, 0.05) is 43.4 Å². The Hall–Kier alpha value is -3.50. The van der Waals surface area contributed by atoms with Crippen LogP contribution < -0.4 is 5.32 Å². The van der Waals surface area contributed by atoms with Crippen molar-refractivity contribution in [2.75, 3.05) is 38.0 Å². The average molecular weight is 561 g/mol. The highest BCUT2D eigenvalue weighted by atomic mass is 19.1. The summed E-state index contributed by atoms with van der Waals surface area (Å²) in [6, 6.07) is 7.13. The molecule has 8 nitrogen and oxygen atoms in total. The number of nitrogens with one attached hydrogen (secondary N) is 1. The monoisotopic (exact) mass is 560 g/mol. The number of benzene rings is 1. The summed E-state index contributed by atoms with van der Waals surface area (Å²) in [4.78, 5) is 22.9. The van der Waals surface area contributed by atoms with E-state index < -0.39 is 11.6 Å². The van der Waals surface area contributed by atoms with E-state index >= 15 is 4.39 Å². The fourth-order valence-electron chi connectivity index (χ4n) is 6.35. The highest BCUT2D eigenvalue weighted by molar-refractivity contribution is 5.83. The highest BCUT2D eigenvalue weighted by Crippen LogP contribution is 2.31. The normalized spacial score (nSPS) is 17.0. The van der Waals surface area contributed by atoms with E-state index in [4.69, 9.17) is 4.98 Å². The van der Waals surface area contributed by atoms with Gasteiger partial charge in [-0.15, -0.1) is 0 Å². The van der Waals surface area contributed by atoms with Crippen LogP contribution in [0.4, 0.5) is 20.5 Å². The lowest BCUT2D eigenvalue weighted by atomic mass is 9.95. The fourth-order valence-corrected chi connectivity index (χ4v) is 6.35. The Labute approximate surface area is 239 Å². The van der Waals surface area contributed by atoms with Gasteiger partial charge in [0.15, 0.2) is 11.6 Å². The molecule has 0 saturated carbocycles. The summed E-state index contributed by atoms with van der Waals surface area (Å²) < 4.78 is 31.9. The van der Waals surface area contributed by atoms with E-state index in [-0.39, 0.29) is 23.2 Å². The number of imidazole rings is 1. The van der Waals surface area contributed by atoms with Crippen LogP contribution in [0, 0.1) is 24.5 Å². The lowest BCUT2D eigenvalue weighted by Gasteiger charge is -2.36. The van der Waals surface area contributed by atoms with Gasteiger partial charge in [-0.3, -0.25) is 4.90 Å². The molecule has 3 aromatic heterocycles. The molecular weight excluding hydrogens is 522 g/mol. The lowest BCUT2D eigenvalue weighted by molar-refractivity contribution is 0.140. The minimum absolute atomic E-state index is 0.0239. The lowest BCUT2D eigenvalue weighted by Crippen LogP contribution is -2.40. The standard InChI is InChI=1S/C31H38F2N8/c1-5-39-11-8-21(9-12-39)17-40-13-10-26-22(18-40)6-7-28(36-26)37-31-34-16-25(33)29(38-31)23-14-24(32)30-27(15-23)41(19(2)3)20(4)35-30/h6-7,14-16,19,21H,5,8-13,17-18H2,1-4H3,(H,34,36,37,38). The smallest absolute Gasteiger partial charge is 0.229 e. The van der Waals surface area contributed by atoms with Gasteiger partial charge in [0.05, 0.1) is 11.7 Å². The summed E-state index contributed by atoms with van der Waals surface area (Å²) in [5.41, 5.74) is 3.55. The molecule has 0 amide bonds. The Kier molecular flexibility index (Phi) is 7.70. The van der Waals surface area contributed by atoms with Crippen LogP contribution >= 0.6 is 0 Å². The number of hydrogen-bond donors (Lipinski definition) is 1. The van der Waals surface area contributed by atoms with E-state index in [0.29, 0.717) is 22.7 Å². The van der Waals surface area contributed by atoms with Crippen LogP contribution in [-0.4, -0.2) is 67.0 Å². The van der Waals surface area contributed by atoms with Crippen LogP contribution in [0.2, 0.25) is 0 Å². The maximum atomic E-state index is 15.0. The summed E-state index contributed by atoms with van der Waals surface area (Å²) in [7, 11) is 0. The second-order valence-electron chi connectivity index (χ2n) is 11.6. The number of pyridine rings is 1. The predicted molar refractivity (Wildman–Crippen MR) is 157 cm³/mol. The van der Waals surface area contributed by atoms with Gasteiger partial charge in [0.1, 0.15) is 22.9 Å². The number of fused-ring (bicyclic) bond motifs is 2. The Bertz CT molecular complexity index is 1560. The quantitative estimate of drug-likeness (QED) is 0.302. The third-order valence-corrected chi connectivity index (χ3v) is 8.50. The van der Waals surface area contributed by atoms with E-state index in [0.717, 1.165) is 50.4 Å². The second kappa shape index (κ2) is 11.4. The predicted octanol–water partition coefficient (Wildman–Crippen LogP) is 5.89. The molecule has 41 heavy (non-hydrogen) atoms. The maximum absolute atomic E-state index is 15.0. The van der Waals surface area contributed by atoms with E-state index in [2.05, 4.69) is 43.1 Å². The number of piperidine rings is 1. The van der Waals surface area contributed by atoms with Crippen molar-refractivity contribution in [2.45, 2.75) is 59.5 Å². The number of anilines is 2. The molecule has 0 bridgehead atoms. The van der Waals surface area contributed by atoms with Crippen LogP contribution in [0.1, 0.15) is 56.7 Å². The van der Waals surface area contributed by atoms with Crippen molar-refractivity contribution in [3.63, 3.8) is 0 Å². The average Bonchev–Trinajstić information content (AvgIpc) is 3.31. The van der Waals surface area contributed by atoms with Crippen molar-refractivity contribution in [1.82, 2.24) is 34.3 Å². The first-order valence-corrected chi connectivity index (χ1v) is 14.7.